The highest BCUT2D eigenvalue weighted by molar-refractivity contribution is 5.94. The Hall–Kier alpha value is -3.66. The number of carbonyl (C=O) groups excluding carboxylic acids is 1. The largest absolute Gasteiger partial charge is 0.492 e. The molecule has 0 spiro atoms. The molecule has 0 saturated heterocycles. The highest BCUT2D eigenvalue weighted by Gasteiger charge is 2.37. The molecule has 2 aliphatic heterocycles. The molecule has 1 N–H and O–H groups in total. The van der Waals surface area contributed by atoms with E-state index < -0.39 is 0 Å². The van der Waals surface area contributed by atoms with E-state index in [9.17, 15) is 4.79 Å². The summed E-state index contributed by atoms with van der Waals surface area (Å²) in [5.74, 6) is 2.48. The summed E-state index contributed by atoms with van der Waals surface area (Å²) in [6.07, 6.45) is 0.844. The molecule has 10 heteroatoms. The van der Waals surface area contributed by atoms with Crippen LogP contribution in [0.15, 0.2) is 30.3 Å². The number of likely N-dealkylation sites (N-methyl/N-ethyl adjacent to an activating group) is 1. The number of tetrazole rings is 1. The third-order valence-corrected chi connectivity index (χ3v) is 5.93. The monoisotopic (exact) mass is 450 g/mol. The van der Waals surface area contributed by atoms with Crippen LogP contribution in [0.4, 0.5) is 0 Å². The Bertz CT molecular complexity index is 1190. The van der Waals surface area contributed by atoms with Gasteiger partial charge in [0.05, 0.1) is 12.8 Å². The first kappa shape index (κ1) is 21.2. The molecule has 0 fully saturated rings. The van der Waals surface area contributed by atoms with Crippen LogP contribution in [0, 0.1) is 0 Å². The lowest BCUT2D eigenvalue weighted by atomic mass is 9.90. The number of methoxy groups -OCH3 is 1. The maximum Gasteiger partial charge on any atom is 0.251 e. The van der Waals surface area contributed by atoms with Gasteiger partial charge in [0.25, 0.3) is 5.91 Å². The van der Waals surface area contributed by atoms with Crippen LogP contribution >= 0.6 is 0 Å². The van der Waals surface area contributed by atoms with Gasteiger partial charge in [-0.15, -0.1) is 5.10 Å². The predicted octanol–water partition coefficient (Wildman–Crippen LogP) is 2.12. The van der Waals surface area contributed by atoms with Crippen molar-refractivity contribution < 1.29 is 19.0 Å². The van der Waals surface area contributed by atoms with Crippen molar-refractivity contribution >= 4 is 5.91 Å². The number of ether oxygens (including phenoxy) is 3. The molecule has 5 rings (SSSR count). The second-order valence-electron chi connectivity index (χ2n) is 8.47. The summed E-state index contributed by atoms with van der Waals surface area (Å²) < 4.78 is 18.8. The van der Waals surface area contributed by atoms with Crippen LogP contribution in [0.25, 0.3) is 5.69 Å². The minimum absolute atomic E-state index is 0.0658. The molecule has 0 unspecified atom stereocenters. The van der Waals surface area contributed by atoms with Gasteiger partial charge in [-0.25, -0.2) is 0 Å². The molecule has 0 saturated carbocycles. The summed E-state index contributed by atoms with van der Waals surface area (Å²) in [7, 11) is 3.67. The van der Waals surface area contributed by atoms with Crippen molar-refractivity contribution in [3.63, 3.8) is 0 Å². The third kappa shape index (κ3) is 3.66. The third-order valence-electron chi connectivity index (χ3n) is 5.93. The van der Waals surface area contributed by atoms with Crippen molar-refractivity contribution in [3.8, 4) is 22.9 Å². The molecule has 3 heterocycles. The van der Waals surface area contributed by atoms with Crippen molar-refractivity contribution in [1.29, 1.82) is 0 Å². The van der Waals surface area contributed by atoms with Crippen molar-refractivity contribution in [2.45, 2.75) is 32.4 Å². The maximum atomic E-state index is 12.3. The van der Waals surface area contributed by atoms with E-state index in [1.165, 1.54) is 0 Å². The molecule has 10 nitrogen and oxygen atoms in total. The number of benzene rings is 2. The standard InChI is InChI=1S/C23H26N6O4/c1-13(2)24-23(30)14-5-7-16(8-6-14)29-22(25-26-27-29)19-18-15(9-10-28(19)3)11-17-20(21(18)31-4)33-12-32-17/h5-8,11,13,19H,9-10,12H2,1-4H3,(H,24,30)/t19-/m1/s1. The summed E-state index contributed by atoms with van der Waals surface area (Å²) in [4.78, 5) is 14.5. The van der Waals surface area contributed by atoms with E-state index in [4.69, 9.17) is 14.2 Å². The van der Waals surface area contributed by atoms with Gasteiger partial charge in [-0.2, -0.15) is 4.68 Å². The molecule has 1 atom stereocenters. The number of nitrogens with zero attached hydrogens (tertiary/aromatic N) is 5. The summed E-state index contributed by atoms with van der Waals surface area (Å²) >= 11 is 0. The van der Waals surface area contributed by atoms with Gasteiger partial charge in [0.15, 0.2) is 17.3 Å². The fraction of sp³-hybridized carbons (Fsp3) is 0.391. The van der Waals surface area contributed by atoms with Gasteiger partial charge in [-0.3, -0.25) is 9.69 Å². The Kier molecular flexibility index (Phi) is 5.37. The van der Waals surface area contributed by atoms with Crippen LogP contribution in [0.3, 0.4) is 0 Å². The Morgan fingerprint density at radius 1 is 1.24 bits per heavy atom. The highest BCUT2D eigenvalue weighted by Crippen LogP contribution is 2.50. The quantitative estimate of drug-likeness (QED) is 0.631. The van der Waals surface area contributed by atoms with Crippen LogP contribution in [-0.4, -0.2) is 64.6 Å². The van der Waals surface area contributed by atoms with Gasteiger partial charge in [0, 0.05) is 23.7 Å². The SMILES string of the molecule is COc1c2c(cc3c1[C@H](c1nnnn1-c1ccc(C(=O)NC(C)C)cc1)N(C)CC3)OCO2. The molecule has 0 bridgehead atoms. The summed E-state index contributed by atoms with van der Waals surface area (Å²) in [5.41, 5.74) is 3.43. The molecular formula is C23H26N6O4. The van der Waals surface area contributed by atoms with Gasteiger partial charge >= 0.3 is 0 Å². The minimum Gasteiger partial charge on any atom is -0.492 e. The Morgan fingerprint density at radius 3 is 2.76 bits per heavy atom. The Morgan fingerprint density at radius 2 is 2.03 bits per heavy atom. The summed E-state index contributed by atoms with van der Waals surface area (Å²) in [6.45, 7) is 4.85. The van der Waals surface area contributed by atoms with Gasteiger partial charge in [-0.1, -0.05) is 0 Å². The maximum absolute atomic E-state index is 12.3. The number of amides is 1. The van der Waals surface area contributed by atoms with E-state index in [0.717, 1.165) is 29.8 Å². The smallest absolute Gasteiger partial charge is 0.251 e. The van der Waals surface area contributed by atoms with Crippen LogP contribution in [-0.2, 0) is 6.42 Å². The fourth-order valence-corrected chi connectivity index (χ4v) is 4.41. The molecule has 172 valence electrons. The first-order valence-corrected chi connectivity index (χ1v) is 10.9. The molecule has 2 aliphatic rings. The van der Waals surface area contributed by atoms with E-state index in [0.29, 0.717) is 28.6 Å². The lowest BCUT2D eigenvalue weighted by Crippen LogP contribution is -2.35. The molecular weight excluding hydrogens is 424 g/mol. The summed E-state index contributed by atoms with van der Waals surface area (Å²) in [6, 6.07) is 9.07. The molecule has 0 radical (unpaired) electrons. The van der Waals surface area contributed by atoms with Crippen LogP contribution < -0.4 is 19.5 Å². The van der Waals surface area contributed by atoms with E-state index in [-0.39, 0.29) is 24.8 Å². The predicted molar refractivity (Wildman–Crippen MR) is 119 cm³/mol. The van der Waals surface area contributed by atoms with Gasteiger partial charge in [-0.05, 0) is 73.6 Å². The highest BCUT2D eigenvalue weighted by atomic mass is 16.7. The van der Waals surface area contributed by atoms with E-state index in [2.05, 4.69) is 25.7 Å². The number of hydrogen-bond acceptors (Lipinski definition) is 8. The van der Waals surface area contributed by atoms with E-state index in [1.807, 2.05) is 39.1 Å². The van der Waals surface area contributed by atoms with Gasteiger partial charge in [0.2, 0.25) is 12.5 Å². The minimum atomic E-state index is -0.253. The van der Waals surface area contributed by atoms with Crippen LogP contribution in [0.5, 0.6) is 17.2 Å². The number of aromatic nitrogens is 4. The van der Waals surface area contributed by atoms with Crippen LogP contribution in [0.1, 0.15) is 47.2 Å². The number of fused-ring (bicyclic) bond motifs is 2. The molecule has 33 heavy (non-hydrogen) atoms. The number of hydrogen-bond donors (Lipinski definition) is 1. The average Bonchev–Trinajstić information content (AvgIpc) is 3.47. The molecule has 1 aromatic heterocycles. The first-order valence-electron chi connectivity index (χ1n) is 10.9. The van der Waals surface area contributed by atoms with Crippen molar-refractivity contribution in [3.05, 3.63) is 52.8 Å². The molecule has 3 aromatic rings. The Labute approximate surface area is 191 Å². The van der Waals surface area contributed by atoms with E-state index >= 15 is 0 Å². The zero-order valence-electron chi connectivity index (χ0n) is 19.0. The van der Waals surface area contributed by atoms with Crippen molar-refractivity contribution in [2.24, 2.45) is 0 Å². The van der Waals surface area contributed by atoms with Crippen molar-refractivity contribution in [1.82, 2.24) is 30.4 Å². The van der Waals surface area contributed by atoms with Gasteiger partial charge < -0.3 is 19.5 Å². The second kappa shape index (κ2) is 8.36. The van der Waals surface area contributed by atoms with Crippen LogP contribution in [0.2, 0.25) is 0 Å². The first-order chi connectivity index (χ1) is 16.0. The number of carbonyl (C=O) groups is 1. The zero-order valence-corrected chi connectivity index (χ0v) is 19.0. The molecule has 2 aromatic carbocycles. The van der Waals surface area contributed by atoms with E-state index in [1.54, 1.807) is 23.9 Å². The average molecular weight is 450 g/mol. The molecule has 1 amide bonds. The topological polar surface area (TPSA) is 104 Å². The Balaban J connectivity index is 1.56. The van der Waals surface area contributed by atoms with Gasteiger partial charge in [0.1, 0.15) is 6.04 Å². The zero-order chi connectivity index (χ0) is 23.1. The number of rotatable bonds is 5. The van der Waals surface area contributed by atoms with Crippen molar-refractivity contribution in [2.75, 3.05) is 27.5 Å². The lowest BCUT2D eigenvalue weighted by molar-refractivity contribution is 0.0943. The molecule has 0 aliphatic carbocycles. The normalized spacial score (nSPS) is 17.2. The fourth-order valence-electron chi connectivity index (χ4n) is 4.41. The lowest BCUT2D eigenvalue weighted by Gasteiger charge is -2.34. The summed E-state index contributed by atoms with van der Waals surface area (Å²) in [5, 5.41) is 15.5. The second-order valence-corrected chi connectivity index (χ2v) is 8.47. The number of nitrogens with one attached hydrogen (secondary N) is 1.